The molecule has 0 aliphatic heterocycles. The van der Waals surface area contributed by atoms with Gasteiger partial charge in [-0.05, 0) is 38.2 Å². The highest BCUT2D eigenvalue weighted by molar-refractivity contribution is 7.66. The smallest absolute Gasteiger partial charge is 0.188 e. The number of hydrogen-bond donors (Lipinski definition) is 0. The van der Waals surface area contributed by atoms with Crippen LogP contribution in [0, 0.1) is 0 Å². The van der Waals surface area contributed by atoms with Gasteiger partial charge in [-0.2, -0.15) is 0 Å². The van der Waals surface area contributed by atoms with Crippen molar-refractivity contribution in [3.05, 3.63) is 58.1 Å². The van der Waals surface area contributed by atoms with E-state index in [0.29, 0.717) is 28.8 Å². The Morgan fingerprint density at radius 2 is 1.68 bits per heavy atom. The topological polar surface area (TPSA) is 35.5 Å². The first kappa shape index (κ1) is 17.2. The minimum Gasteiger partial charge on any atom is -0.491 e. The quantitative estimate of drug-likeness (QED) is 0.551. The van der Waals surface area contributed by atoms with Gasteiger partial charge in [-0.1, -0.05) is 41.4 Å². The Balaban J connectivity index is 2.03. The molecule has 116 valence electrons. The number of methoxy groups -OCH3 is 1. The highest BCUT2D eigenvalue weighted by atomic mass is 35.5. The van der Waals surface area contributed by atoms with E-state index in [4.69, 9.17) is 32.7 Å². The van der Waals surface area contributed by atoms with Gasteiger partial charge in [0.15, 0.2) is 5.52 Å². The maximum atomic E-state index is 12.3. The molecule has 0 N–H and O–H groups in total. The molecular formula is C16H15Cl2O3P. The number of rotatable bonds is 7. The van der Waals surface area contributed by atoms with Crippen LogP contribution in [0.15, 0.2) is 42.5 Å². The van der Waals surface area contributed by atoms with Gasteiger partial charge in [0, 0.05) is 7.11 Å². The first-order chi connectivity index (χ1) is 10.6. The summed E-state index contributed by atoms with van der Waals surface area (Å²) < 4.78 is 10.4. The molecule has 3 nitrogen and oxygen atoms in total. The minimum absolute atomic E-state index is 0.0408. The van der Waals surface area contributed by atoms with Crippen molar-refractivity contribution in [2.45, 2.75) is 0 Å². The second kappa shape index (κ2) is 8.50. The number of ether oxygens (including phenoxy) is 2. The Morgan fingerprint density at radius 3 is 2.27 bits per heavy atom. The number of halogens is 2. The van der Waals surface area contributed by atoms with Gasteiger partial charge >= 0.3 is 0 Å². The summed E-state index contributed by atoms with van der Waals surface area (Å²) in [5.41, 5.74) is 0.299. The van der Waals surface area contributed by atoms with Crippen LogP contribution < -0.4 is 10.0 Å². The van der Waals surface area contributed by atoms with Gasteiger partial charge in [-0.3, -0.25) is 4.79 Å². The molecule has 0 saturated carbocycles. The Bertz CT molecular complexity index is 624. The molecule has 2 aromatic rings. The maximum Gasteiger partial charge on any atom is 0.188 e. The van der Waals surface area contributed by atoms with Crippen molar-refractivity contribution in [1.82, 2.24) is 0 Å². The zero-order chi connectivity index (χ0) is 15.9. The van der Waals surface area contributed by atoms with Crippen LogP contribution in [0.1, 0.15) is 10.4 Å². The molecule has 0 fully saturated rings. The van der Waals surface area contributed by atoms with Gasteiger partial charge in [0.05, 0.1) is 22.2 Å². The summed E-state index contributed by atoms with van der Waals surface area (Å²) in [5, 5.41) is 1.66. The molecule has 2 aromatic carbocycles. The van der Waals surface area contributed by atoms with Crippen LogP contribution in [0.4, 0.5) is 0 Å². The third kappa shape index (κ3) is 4.69. The lowest BCUT2D eigenvalue weighted by Gasteiger charge is -2.08. The normalized spacial score (nSPS) is 11.0. The van der Waals surface area contributed by atoms with Crippen molar-refractivity contribution in [1.29, 1.82) is 0 Å². The van der Waals surface area contributed by atoms with Crippen molar-refractivity contribution in [3.63, 3.8) is 0 Å². The van der Waals surface area contributed by atoms with E-state index in [1.165, 1.54) is 0 Å². The van der Waals surface area contributed by atoms with Gasteiger partial charge in [0.2, 0.25) is 0 Å². The molecule has 0 amide bonds. The summed E-state index contributed by atoms with van der Waals surface area (Å²) in [6, 6.07) is 12.4. The van der Waals surface area contributed by atoms with E-state index in [1.807, 2.05) is 24.3 Å². The highest BCUT2D eigenvalue weighted by Gasteiger charge is 2.15. The Morgan fingerprint density at radius 1 is 1.05 bits per heavy atom. The molecule has 0 radical (unpaired) electrons. The van der Waals surface area contributed by atoms with Crippen molar-refractivity contribution >= 4 is 42.6 Å². The highest BCUT2D eigenvalue weighted by Crippen LogP contribution is 2.30. The minimum atomic E-state index is -0.0800. The summed E-state index contributed by atoms with van der Waals surface area (Å²) in [6.07, 6.45) is 0. The fourth-order valence-electron chi connectivity index (χ4n) is 1.79. The van der Waals surface area contributed by atoms with Crippen molar-refractivity contribution < 1.29 is 14.3 Å². The molecule has 0 bridgehead atoms. The van der Waals surface area contributed by atoms with Gasteiger partial charge < -0.3 is 9.47 Å². The van der Waals surface area contributed by atoms with E-state index in [0.717, 1.165) is 11.1 Å². The zero-order valence-corrected chi connectivity index (χ0v) is 14.4. The number of hydrogen-bond acceptors (Lipinski definition) is 3. The fraction of sp³-hybridized carbons (Fsp3) is 0.188. The van der Waals surface area contributed by atoms with Crippen LogP contribution in [0.5, 0.6) is 5.75 Å². The number of carbonyl (C=O) groups is 1. The molecule has 1 unspecified atom stereocenters. The monoisotopic (exact) mass is 356 g/mol. The van der Waals surface area contributed by atoms with Gasteiger partial charge in [-0.15, -0.1) is 0 Å². The average molecular weight is 357 g/mol. The predicted molar refractivity (Wildman–Crippen MR) is 92.6 cm³/mol. The van der Waals surface area contributed by atoms with E-state index in [1.54, 1.807) is 25.3 Å². The third-order valence-corrected chi connectivity index (χ3v) is 4.59. The largest absolute Gasteiger partial charge is 0.491 e. The van der Waals surface area contributed by atoms with Crippen LogP contribution in [-0.2, 0) is 4.74 Å². The zero-order valence-electron chi connectivity index (χ0n) is 11.9. The molecule has 22 heavy (non-hydrogen) atoms. The summed E-state index contributed by atoms with van der Waals surface area (Å²) in [5.74, 6) is 0.744. The standard InChI is InChI=1S/C16H15Cl2O3P/c1-20-9-10-21-11-5-7-12(8-6-11)22-16(19)15-13(17)3-2-4-14(15)18/h2-8,22H,9-10H2,1H3. The van der Waals surface area contributed by atoms with Gasteiger partial charge in [0.25, 0.3) is 0 Å². The second-order valence-corrected chi connectivity index (χ2v) is 6.51. The SMILES string of the molecule is COCCOc1ccc(PC(=O)c2c(Cl)cccc2Cl)cc1. The summed E-state index contributed by atoms with van der Waals surface area (Å²) in [7, 11) is 1.58. The Kier molecular flexibility index (Phi) is 6.66. The van der Waals surface area contributed by atoms with Gasteiger partial charge in [0.1, 0.15) is 12.4 Å². The predicted octanol–water partition coefficient (Wildman–Crippen LogP) is 4.16. The Hall–Kier alpha value is -1.12. The lowest BCUT2D eigenvalue weighted by molar-refractivity contribution is 0.108. The fourth-order valence-corrected chi connectivity index (χ4v) is 3.50. The average Bonchev–Trinajstić information content (AvgIpc) is 2.49. The van der Waals surface area contributed by atoms with Crippen LogP contribution in [-0.4, -0.2) is 25.8 Å². The molecule has 0 heterocycles. The molecule has 2 rings (SSSR count). The van der Waals surface area contributed by atoms with E-state index in [9.17, 15) is 4.79 Å². The summed E-state index contributed by atoms with van der Waals surface area (Å²) in [6.45, 7) is 1.03. The molecule has 1 atom stereocenters. The molecule has 6 heteroatoms. The second-order valence-electron chi connectivity index (χ2n) is 4.42. The number of carbonyl (C=O) groups excluding carboxylic acids is 1. The maximum absolute atomic E-state index is 12.3. The van der Waals surface area contributed by atoms with Crippen LogP contribution in [0.3, 0.4) is 0 Å². The van der Waals surface area contributed by atoms with Crippen molar-refractivity contribution in [3.8, 4) is 5.75 Å². The first-order valence-corrected chi connectivity index (χ1v) is 8.34. The van der Waals surface area contributed by atoms with Crippen molar-refractivity contribution in [2.75, 3.05) is 20.3 Å². The lowest BCUT2D eigenvalue weighted by Crippen LogP contribution is -2.06. The van der Waals surface area contributed by atoms with Crippen LogP contribution >= 0.6 is 31.8 Å². The van der Waals surface area contributed by atoms with E-state index >= 15 is 0 Å². The Labute approximate surface area is 141 Å². The van der Waals surface area contributed by atoms with Crippen LogP contribution in [0.25, 0.3) is 0 Å². The molecule has 0 aliphatic rings. The molecule has 0 saturated heterocycles. The molecular weight excluding hydrogens is 342 g/mol. The van der Waals surface area contributed by atoms with Crippen molar-refractivity contribution in [2.24, 2.45) is 0 Å². The molecule has 0 aromatic heterocycles. The molecule has 0 spiro atoms. The first-order valence-electron chi connectivity index (χ1n) is 6.59. The third-order valence-electron chi connectivity index (χ3n) is 2.86. The van der Waals surface area contributed by atoms with E-state index in [-0.39, 0.29) is 14.1 Å². The van der Waals surface area contributed by atoms with E-state index in [2.05, 4.69) is 0 Å². The summed E-state index contributed by atoms with van der Waals surface area (Å²) in [4.78, 5) is 12.3. The lowest BCUT2D eigenvalue weighted by atomic mass is 10.2. The van der Waals surface area contributed by atoms with Crippen LogP contribution in [0.2, 0.25) is 10.0 Å². The van der Waals surface area contributed by atoms with Gasteiger partial charge in [-0.25, -0.2) is 0 Å². The number of benzene rings is 2. The molecule has 0 aliphatic carbocycles. The van der Waals surface area contributed by atoms with E-state index < -0.39 is 0 Å². The summed E-state index contributed by atoms with van der Waals surface area (Å²) >= 11 is 12.1.